The second-order valence-electron chi connectivity index (χ2n) is 3.23. The Labute approximate surface area is 76.8 Å². The smallest absolute Gasteiger partial charge is 0.176 e. The lowest BCUT2D eigenvalue weighted by Gasteiger charge is -2.14. The van der Waals surface area contributed by atoms with Crippen LogP contribution in [0.15, 0.2) is 23.9 Å². The van der Waals surface area contributed by atoms with Gasteiger partial charge in [0, 0.05) is 18.7 Å². The van der Waals surface area contributed by atoms with E-state index < -0.39 is 0 Å². The molecule has 0 amide bonds. The molecule has 1 atom stereocenters. The van der Waals surface area contributed by atoms with E-state index in [0.717, 1.165) is 24.4 Å². The largest absolute Gasteiger partial charge is 0.293 e. The predicted octanol–water partition coefficient (Wildman–Crippen LogP) is -0.154. The van der Waals surface area contributed by atoms with Gasteiger partial charge in [0.2, 0.25) is 0 Å². The molecule has 1 fully saturated rings. The Morgan fingerprint density at radius 2 is 2.38 bits per heavy atom. The van der Waals surface area contributed by atoms with Crippen molar-refractivity contribution >= 4 is 5.78 Å². The molecule has 1 N–H and O–H groups in total. The first kappa shape index (κ1) is 8.47. The fourth-order valence-corrected chi connectivity index (χ4v) is 1.64. The molecule has 1 unspecified atom stereocenters. The minimum Gasteiger partial charge on any atom is -0.293 e. The van der Waals surface area contributed by atoms with Gasteiger partial charge in [0.25, 0.3) is 0 Å². The first-order valence-electron chi connectivity index (χ1n) is 4.27. The molecule has 0 aromatic rings. The van der Waals surface area contributed by atoms with Crippen molar-refractivity contribution in [1.29, 1.82) is 0 Å². The average Bonchev–Trinajstić information content (AvgIpc) is 2.63. The molecule has 0 aromatic heterocycles. The number of Topliss-reactive ketones (excluding diaryl/α,β-unsaturated/α-hetero) is 1. The van der Waals surface area contributed by atoms with Crippen molar-refractivity contribution in [2.75, 3.05) is 26.2 Å². The zero-order valence-electron chi connectivity index (χ0n) is 7.38. The summed E-state index contributed by atoms with van der Waals surface area (Å²) in [5.74, 6) is 0.218. The van der Waals surface area contributed by atoms with Gasteiger partial charge in [-0.1, -0.05) is 6.08 Å². The average molecular weight is 180 g/mol. The number of carbonyl (C=O) groups excluding carboxylic acids is 1. The number of nitrogens with one attached hydrogen (secondary N) is 1. The van der Waals surface area contributed by atoms with Crippen LogP contribution < -0.4 is 5.48 Å². The van der Waals surface area contributed by atoms with E-state index in [-0.39, 0.29) is 5.78 Å². The lowest BCUT2D eigenvalue weighted by molar-refractivity contribution is -0.115. The molecule has 2 rings (SSSR count). The van der Waals surface area contributed by atoms with Gasteiger partial charge in [-0.25, -0.2) is 0 Å². The van der Waals surface area contributed by atoms with E-state index in [1.165, 1.54) is 0 Å². The number of fused-ring (bicyclic) bond motifs is 2. The van der Waals surface area contributed by atoms with E-state index in [9.17, 15) is 4.79 Å². The van der Waals surface area contributed by atoms with Crippen molar-refractivity contribution in [1.82, 2.24) is 10.4 Å². The topological polar surface area (TPSA) is 41.6 Å². The van der Waals surface area contributed by atoms with Gasteiger partial charge in [0.05, 0.1) is 18.8 Å². The molecule has 2 aliphatic heterocycles. The maximum Gasteiger partial charge on any atom is 0.176 e. The Balaban J connectivity index is 1.96. The first-order valence-corrected chi connectivity index (χ1v) is 4.27. The number of nitrogens with zero attached hydrogens (tertiary/aromatic N) is 1. The summed E-state index contributed by atoms with van der Waals surface area (Å²) in [6.45, 7) is 6.13. The predicted molar refractivity (Wildman–Crippen MR) is 47.8 cm³/mol. The molecule has 13 heavy (non-hydrogen) atoms. The molecular weight excluding hydrogens is 168 g/mol. The van der Waals surface area contributed by atoms with Crippen LogP contribution in [0.1, 0.15) is 0 Å². The number of hydrogen-bond donors (Lipinski definition) is 1. The Morgan fingerprint density at radius 3 is 3.00 bits per heavy atom. The van der Waals surface area contributed by atoms with Crippen molar-refractivity contribution in [2.24, 2.45) is 0 Å². The molecule has 70 valence electrons. The molecule has 0 aliphatic carbocycles. The first-order chi connectivity index (χ1) is 6.31. The molecule has 4 nitrogen and oxygen atoms in total. The van der Waals surface area contributed by atoms with Crippen LogP contribution in [0.5, 0.6) is 0 Å². The second kappa shape index (κ2) is 3.32. The van der Waals surface area contributed by atoms with Crippen LogP contribution >= 0.6 is 0 Å². The van der Waals surface area contributed by atoms with E-state index >= 15 is 0 Å². The van der Waals surface area contributed by atoms with Crippen LogP contribution in [-0.4, -0.2) is 36.9 Å². The molecular formula is C9H12N2O2. The fraction of sp³-hybridized carbons (Fsp3) is 0.444. The van der Waals surface area contributed by atoms with E-state index in [1.54, 1.807) is 6.08 Å². The summed E-state index contributed by atoms with van der Waals surface area (Å²) < 4.78 is 0. The lowest BCUT2D eigenvalue weighted by atomic mass is 10.2. The van der Waals surface area contributed by atoms with Crippen molar-refractivity contribution in [3.05, 3.63) is 23.9 Å². The number of carbonyl (C=O) groups is 1. The summed E-state index contributed by atoms with van der Waals surface area (Å²) in [4.78, 5) is 18.4. The Bertz CT molecular complexity index is 283. The van der Waals surface area contributed by atoms with E-state index in [4.69, 9.17) is 4.84 Å². The minimum absolute atomic E-state index is 0.218. The van der Waals surface area contributed by atoms with Gasteiger partial charge in [0.1, 0.15) is 0 Å². The van der Waals surface area contributed by atoms with Gasteiger partial charge in [-0.05, 0) is 0 Å². The normalized spacial score (nSPS) is 25.5. The van der Waals surface area contributed by atoms with Crippen LogP contribution in [0.3, 0.4) is 0 Å². The van der Waals surface area contributed by atoms with Crippen molar-refractivity contribution in [3.63, 3.8) is 0 Å². The molecule has 0 saturated carbocycles. The van der Waals surface area contributed by atoms with Gasteiger partial charge < -0.3 is 0 Å². The number of hydrogen-bond acceptors (Lipinski definition) is 4. The minimum atomic E-state index is 0.218. The van der Waals surface area contributed by atoms with Crippen molar-refractivity contribution < 1.29 is 9.63 Å². The van der Waals surface area contributed by atoms with Crippen LogP contribution in [0.2, 0.25) is 0 Å². The summed E-state index contributed by atoms with van der Waals surface area (Å²) in [6, 6.07) is 0. The number of ketones is 1. The zero-order chi connectivity index (χ0) is 9.26. The monoisotopic (exact) mass is 180 g/mol. The Morgan fingerprint density at radius 1 is 1.54 bits per heavy atom. The third-order valence-corrected chi connectivity index (χ3v) is 2.23. The van der Waals surface area contributed by atoms with Crippen molar-refractivity contribution in [3.8, 4) is 0 Å². The lowest BCUT2D eigenvalue weighted by Crippen LogP contribution is -2.29. The van der Waals surface area contributed by atoms with Crippen LogP contribution in [0, 0.1) is 0 Å². The van der Waals surface area contributed by atoms with E-state index in [1.807, 2.05) is 0 Å². The van der Waals surface area contributed by atoms with Crippen LogP contribution in [-0.2, 0) is 9.63 Å². The third kappa shape index (κ3) is 1.50. The molecule has 2 heterocycles. The second-order valence-corrected chi connectivity index (χ2v) is 3.23. The van der Waals surface area contributed by atoms with E-state index in [2.05, 4.69) is 17.0 Å². The van der Waals surface area contributed by atoms with Crippen LogP contribution in [0.4, 0.5) is 0 Å². The van der Waals surface area contributed by atoms with Gasteiger partial charge in [0.15, 0.2) is 5.78 Å². The van der Waals surface area contributed by atoms with Gasteiger partial charge in [-0.3, -0.25) is 20.0 Å². The quantitative estimate of drug-likeness (QED) is 0.371. The molecule has 4 heteroatoms. The SMILES string of the molecule is C=CCONC1=C2CN(CC2=O)C1. The highest BCUT2D eigenvalue weighted by Gasteiger charge is 2.34. The molecule has 0 radical (unpaired) electrons. The number of hydroxylamine groups is 1. The highest BCUT2D eigenvalue weighted by molar-refractivity contribution is 6.01. The third-order valence-electron chi connectivity index (χ3n) is 2.23. The van der Waals surface area contributed by atoms with Crippen LogP contribution in [0.25, 0.3) is 0 Å². The maximum atomic E-state index is 11.3. The Hall–Kier alpha value is -1.13. The molecule has 1 saturated heterocycles. The summed E-state index contributed by atoms with van der Waals surface area (Å²) >= 11 is 0. The van der Waals surface area contributed by atoms with Gasteiger partial charge >= 0.3 is 0 Å². The molecule has 0 aromatic carbocycles. The van der Waals surface area contributed by atoms with E-state index in [0.29, 0.717) is 13.2 Å². The molecule has 2 bridgehead atoms. The summed E-state index contributed by atoms with van der Waals surface area (Å²) in [5, 5.41) is 0. The Kier molecular flexibility index (Phi) is 2.16. The van der Waals surface area contributed by atoms with Gasteiger partial charge in [-0.2, -0.15) is 0 Å². The summed E-state index contributed by atoms with van der Waals surface area (Å²) in [7, 11) is 0. The van der Waals surface area contributed by atoms with Crippen molar-refractivity contribution in [2.45, 2.75) is 0 Å². The standard InChI is InChI=1S/C9H12N2O2/c1-2-3-13-10-8-5-11-4-7(8)9(12)6-11/h2,10H,1,3-6H2. The van der Waals surface area contributed by atoms with Gasteiger partial charge in [-0.15, -0.1) is 6.58 Å². The summed E-state index contributed by atoms with van der Waals surface area (Å²) in [5.41, 5.74) is 4.58. The highest BCUT2D eigenvalue weighted by atomic mass is 16.6. The molecule has 0 spiro atoms. The zero-order valence-corrected chi connectivity index (χ0v) is 7.38. The molecule has 2 aliphatic rings. The number of rotatable bonds is 4. The highest BCUT2D eigenvalue weighted by Crippen LogP contribution is 2.22. The summed E-state index contributed by atoms with van der Waals surface area (Å²) in [6.07, 6.45) is 1.66. The maximum absolute atomic E-state index is 11.3. The fourth-order valence-electron chi connectivity index (χ4n) is 1.64.